The topological polar surface area (TPSA) is 60.0 Å². The molecule has 1 N–H and O–H groups in total. The highest BCUT2D eigenvalue weighted by Crippen LogP contribution is 2.33. The number of nitrogens with one attached hydrogen (secondary N) is 1. The second-order valence-corrected chi connectivity index (χ2v) is 8.30. The van der Waals surface area contributed by atoms with E-state index in [0.29, 0.717) is 35.3 Å². The van der Waals surface area contributed by atoms with Crippen LogP contribution in [-0.4, -0.2) is 55.8 Å². The predicted molar refractivity (Wildman–Crippen MR) is 109 cm³/mol. The van der Waals surface area contributed by atoms with E-state index in [2.05, 4.69) is 10.2 Å². The molecule has 158 valence electrons. The number of fused-ring (bicyclic) bond motifs is 3. The number of carbonyl (C=O) groups excluding carboxylic acids is 1. The van der Waals surface area contributed by atoms with E-state index in [1.165, 1.54) is 18.6 Å². The molecule has 2 saturated heterocycles. The van der Waals surface area contributed by atoms with Crippen LogP contribution in [0.25, 0.3) is 0 Å². The van der Waals surface area contributed by atoms with Crippen molar-refractivity contribution in [2.75, 3.05) is 32.8 Å². The van der Waals surface area contributed by atoms with Crippen molar-refractivity contribution in [1.82, 2.24) is 10.2 Å². The average Bonchev–Trinajstić information content (AvgIpc) is 3.10. The first-order valence-corrected chi connectivity index (χ1v) is 10.5. The lowest BCUT2D eigenvalue weighted by atomic mass is 9.96. The van der Waals surface area contributed by atoms with Gasteiger partial charge in [-0.1, -0.05) is 0 Å². The monoisotopic (exact) mass is 412 g/mol. The summed E-state index contributed by atoms with van der Waals surface area (Å²) in [4.78, 5) is 15.2. The molecule has 0 radical (unpaired) electrons. The Morgan fingerprint density at radius 1 is 1.17 bits per heavy atom. The normalized spacial score (nSPS) is 26.8. The number of nitrogens with zero attached hydrogens (tertiary/aromatic N) is 1. The Hall–Kier alpha value is -2.80. The summed E-state index contributed by atoms with van der Waals surface area (Å²) in [6, 6.07) is 11.3. The Bertz CT molecular complexity index is 908. The van der Waals surface area contributed by atoms with Gasteiger partial charge in [-0.2, -0.15) is 0 Å². The number of benzene rings is 2. The third-order valence-electron chi connectivity index (χ3n) is 5.98. The molecule has 1 unspecified atom stereocenters. The van der Waals surface area contributed by atoms with E-state index in [9.17, 15) is 9.18 Å². The zero-order chi connectivity index (χ0) is 20.5. The van der Waals surface area contributed by atoms with Crippen LogP contribution in [0.15, 0.2) is 42.5 Å². The van der Waals surface area contributed by atoms with Gasteiger partial charge in [0.1, 0.15) is 24.8 Å². The summed E-state index contributed by atoms with van der Waals surface area (Å²) in [6.45, 7) is 3.84. The first kappa shape index (κ1) is 19.2. The molecule has 7 heteroatoms. The number of piperidine rings is 1. The second kappa shape index (κ2) is 8.14. The molecule has 3 aliphatic rings. The van der Waals surface area contributed by atoms with E-state index in [1.807, 2.05) is 0 Å². The van der Waals surface area contributed by atoms with Crippen LogP contribution >= 0.6 is 0 Å². The van der Waals surface area contributed by atoms with Crippen LogP contribution in [0.1, 0.15) is 23.2 Å². The van der Waals surface area contributed by atoms with E-state index >= 15 is 0 Å². The standard InChI is InChI=1S/C23H25FN2O4/c24-17-2-4-19(5-3-17)28-13-20-14-29-21-6-1-16(10-22(21)30-20)23(27)25-18-9-15-7-8-26(11-15)12-18/h1-6,10,15,18,20H,7-9,11-14H2,(H,25,27)/t15-,18+,20-/m0/s1. The van der Waals surface area contributed by atoms with Gasteiger partial charge in [0.15, 0.2) is 17.6 Å². The first-order valence-electron chi connectivity index (χ1n) is 10.5. The van der Waals surface area contributed by atoms with Gasteiger partial charge in [0.05, 0.1) is 0 Å². The molecule has 6 nitrogen and oxygen atoms in total. The van der Waals surface area contributed by atoms with Gasteiger partial charge in [-0.15, -0.1) is 0 Å². The van der Waals surface area contributed by atoms with Crippen molar-refractivity contribution >= 4 is 5.91 Å². The number of rotatable bonds is 5. The smallest absolute Gasteiger partial charge is 0.251 e. The molecule has 2 fully saturated rings. The maximum Gasteiger partial charge on any atom is 0.251 e. The largest absolute Gasteiger partial charge is 0.490 e. The summed E-state index contributed by atoms with van der Waals surface area (Å²) in [5.41, 5.74) is 0.561. The summed E-state index contributed by atoms with van der Waals surface area (Å²) in [5, 5.41) is 3.17. The minimum atomic E-state index is -0.317. The third-order valence-corrected chi connectivity index (χ3v) is 5.98. The molecule has 1 amide bonds. The Kier molecular flexibility index (Phi) is 5.21. The zero-order valence-corrected chi connectivity index (χ0v) is 16.7. The number of hydrogen-bond acceptors (Lipinski definition) is 5. The summed E-state index contributed by atoms with van der Waals surface area (Å²) in [6.07, 6.45) is 1.97. The minimum Gasteiger partial charge on any atom is -0.490 e. The Morgan fingerprint density at radius 3 is 2.87 bits per heavy atom. The molecule has 2 aromatic carbocycles. The SMILES string of the molecule is O=C(N[C@@H]1C[C@@H]2CCN(C2)C1)c1ccc2c(c1)O[C@@H](COc1ccc(F)cc1)CO2. The molecule has 2 aromatic rings. The van der Waals surface area contributed by atoms with Gasteiger partial charge in [-0.05, 0) is 67.8 Å². The second-order valence-electron chi connectivity index (χ2n) is 8.30. The van der Waals surface area contributed by atoms with Crippen LogP contribution in [0, 0.1) is 11.7 Å². The van der Waals surface area contributed by atoms with Gasteiger partial charge in [-0.3, -0.25) is 4.79 Å². The van der Waals surface area contributed by atoms with Crippen molar-refractivity contribution in [3.05, 3.63) is 53.8 Å². The maximum absolute atomic E-state index is 13.0. The molecule has 0 saturated carbocycles. The van der Waals surface area contributed by atoms with Crippen LogP contribution in [-0.2, 0) is 0 Å². The highest BCUT2D eigenvalue weighted by Gasteiger charge is 2.33. The highest BCUT2D eigenvalue weighted by atomic mass is 19.1. The number of amides is 1. The third kappa shape index (κ3) is 4.21. The number of hydrogen-bond donors (Lipinski definition) is 1. The van der Waals surface area contributed by atoms with Crippen LogP contribution in [0.2, 0.25) is 0 Å². The van der Waals surface area contributed by atoms with Crippen molar-refractivity contribution in [3.63, 3.8) is 0 Å². The molecular weight excluding hydrogens is 387 g/mol. The van der Waals surface area contributed by atoms with Gasteiger partial charge < -0.3 is 24.4 Å². The van der Waals surface area contributed by atoms with Gasteiger partial charge >= 0.3 is 0 Å². The van der Waals surface area contributed by atoms with Crippen LogP contribution in [0.5, 0.6) is 17.2 Å². The summed E-state index contributed by atoms with van der Waals surface area (Å²) >= 11 is 0. The van der Waals surface area contributed by atoms with Crippen molar-refractivity contribution in [2.24, 2.45) is 5.92 Å². The maximum atomic E-state index is 13.0. The van der Waals surface area contributed by atoms with Crippen molar-refractivity contribution in [2.45, 2.75) is 25.0 Å². The summed E-state index contributed by atoms with van der Waals surface area (Å²) in [5.74, 6) is 2.03. The molecule has 0 aliphatic carbocycles. The summed E-state index contributed by atoms with van der Waals surface area (Å²) < 4.78 is 30.4. The van der Waals surface area contributed by atoms with E-state index in [-0.39, 0.29) is 30.5 Å². The van der Waals surface area contributed by atoms with Gasteiger partial charge in [0, 0.05) is 24.7 Å². The Labute approximate surface area is 174 Å². The van der Waals surface area contributed by atoms with Crippen LogP contribution in [0.4, 0.5) is 4.39 Å². The predicted octanol–water partition coefficient (Wildman–Crippen LogP) is 2.87. The number of ether oxygens (including phenoxy) is 3. The number of carbonyl (C=O) groups is 1. The first-order chi connectivity index (χ1) is 14.6. The fraction of sp³-hybridized carbons (Fsp3) is 0.435. The van der Waals surface area contributed by atoms with Crippen molar-refractivity contribution in [3.8, 4) is 17.2 Å². The Balaban J connectivity index is 1.19. The van der Waals surface area contributed by atoms with Gasteiger partial charge in [0.25, 0.3) is 5.91 Å². The molecule has 0 aromatic heterocycles. The fourth-order valence-electron chi connectivity index (χ4n) is 4.49. The molecule has 3 heterocycles. The molecule has 30 heavy (non-hydrogen) atoms. The van der Waals surface area contributed by atoms with E-state index in [1.54, 1.807) is 30.3 Å². The van der Waals surface area contributed by atoms with E-state index in [4.69, 9.17) is 14.2 Å². The molecule has 0 spiro atoms. The lowest BCUT2D eigenvalue weighted by molar-refractivity contribution is 0.0533. The zero-order valence-electron chi connectivity index (χ0n) is 16.7. The van der Waals surface area contributed by atoms with Crippen LogP contribution < -0.4 is 19.5 Å². The molecule has 5 rings (SSSR count). The molecule has 3 aliphatic heterocycles. The van der Waals surface area contributed by atoms with Crippen LogP contribution in [0.3, 0.4) is 0 Å². The fourth-order valence-corrected chi connectivity index (χ4v) is 4.49. The molecule has 2 bridgehead atoms. The highest BCUT2D eigenvalue weighted by molar-refractivity contribution is 5.95. The molecule has 4 atom stereocenters. The summed E-state index contributed by atoms with van der Waals surface area (Å²) in [7, 11) is 0. The van der Waals surface area contributed by atoms with Crippen molar-refractivity contribution in [1.29, 1.82) is 0 Å². The lowest BCUT2D eigenvalue weighted by Crippen LogP contribution is -2.47. The lowest BCUT2D eigenvalue weighted by Gasteiger charge is -2.30. The minimum absolute atomic E-state index is 0.0846. The van der Waals surface area contributed by atoms with Gasteiger partial charge in [0.2, 0.25) is 0 Å². The van der Waals surface area contributed by atoms with E-state index in [0.717, 1.165) is 26.1 Å². The average molecular weight is 412 g/mol. The Morgan fingerprint density at radius 2 is 2.03 bits per heavy atom. The van der Waals surface area contributed by atoms with Crippen molar-refractivity contribution < 1.29 is 23.4 Å². The quantitative estimate of drug-likeness (QED) is 0.819. The number of halogens is 1. The molecular formula is C23H25FN2O4. The van der Waals surface area contributed by atoms with Gasteiger partial charge in [-0.25, -0.2) is 4.39 Å². The van der Waals surface area contributed by atoms with E-state index < -0.39 is 0 Å².